The van der Waals surface area contributed by atoms with Crippen molar-refractivity contribution in [2.45, 2.75) is 13.0 Å². The number of hydrogen-bond donors (Lipinski definition) is 1. The maximum Gasteiger partial charge on any atom is 0.356 e. The van der Waals surface area contributed by atoms with E-state index in [2.05, 4.69) is 21.5 Å². The van der Waals surface area contributed by atoms with Gasteiger partial charge in [-0.3, -0.25) is 0 Å². The second kappa shape index (κ2) is 5.48. The van der Waals surface area contributed by atoms with E-state index in [0.29, 0.717) is 23.2 Å². The number of hydrogen-bond acceptors (Lipinski definition) is 6. The molecule has 1 aliphatic heterocycles. The molecule has 2 heterocycles. The van der Waals surface area contributed by atoms with Crippen LogP contribution in [0.1, 0.15) is 17.4 Å². The maximum atomic E-state index is 11.5. The van der Waals surface area contributed by atoms with Crippen LogP contribution in [0.4, 0.5) is 11.5 Å². The highest BCUT2D eigenvalue weighted by Gasteiger charge is 2.23. The van der Waals surface area contributed by atoms with Gasteiger partial charge >= 0.3 is 5.97 Å². The van der Waals surface area contributed by atoms with E-state index in [1.165, 1.54) is 7.11 Å². The zero-order chi connectivity index (χ0) is 13.1. The molecule has 1 unspecified atom stereocenters. The molecule has 1 fully saturated rings. The van der Waals surface area contributed by atoms with Gasteiger partial charge in [-0.05, 0) is 19.1 Å². The fourth-order valence-electron chi connectivity index (χ4n) is 1.95. The normalized spacial score (nSPS) is 19.7. The lowest BCUT2D eigenvalue weighted by molar-refractivity contribution is 0.0594. The summed E-state index contributed by atoms with van der Waals surface area (Å²) in [5, 5.41) is 0. The monoisotopic (exact) mass is 267 g/mol. The Morgan fingerprint density at radius 1 is 1.61 bits per heavy atom. The molecule has 0 amide bonds. The van der Waals surface area contributed by atoms with Gasteiger partial charge in [0.1, 0.15) is 0 Å². The minimum Gasteiger partial charge on any atom is -0.464 e. The van der Waals surface area contributed by atoms with Crippen molar-refractivity contribution in [1.82, 2.24) is 4.98 Å². The summed E-state index contributed by atoms with van der Waals surface area (Å²) in [7, 11) is 1.35. The molecule has 0 bridgehead atoms. The van der Waals surface area contributed by atoms with Crippen LogP contribution in [0.3, 0.4) is 0 Å². The van der Waals surface area contributed by atoms with Gasteiger partial charge in [-0.2, -0.15) is 11.8 Å². The summed E-state index contributed by atoms with van der Waals surface area (Å²) in [5.74, 6) is 2.35. The van der Waals surface area contributed by atoms with Gasteiger partial charge in [-0.15, -0.1) is 0 Å². The zero-order valence-electron chi connectivity index (χ0n) is 10.5. The van der Waals surface area contributed by atoms with Crippen LogP contribution in [-0.4, -0.2) is 42.2 Å². The lowest BCUT2D eigenvalue weighted by Crippen LogP contribution is -2.41. The van der Waals surface area contributed by atoms with Crippen LogP contribution in [0.5, 0.6) is 0 Å². The number of thioether (sulfide) groups is 1. The van der Waals surface area contributed by atoms with E-state index in [0.717, 1.165) is 18.1 Å². The third-order valence-electron chi connectivity index (χ3n) is 2.94. The van der Waals surface area contributed by atoms with Gasteiger partial charge in [0.15, 0.2) is 11.5 Å². The number of anilines is 2. The van der Waals surface area contributed by atoms with Crippen molar-refractivity contribution >= 4 is 29.2 Å². The van der Waals surface area contributed by atoms with Crippen LogP contribution in [-0.2, 0) is 4.74 Å². The summed E-state index contributed by atoms with van der Waals surface area (Å²) >= 11 is 1.92. The van der Waals surface area contributed by atoms with E-state index >= 15 is 0 Å². The molecule has 1 saturated heterocycles. The molecule has 1 aromatic heterocycles. The quantitative estimate of drug-likeness (QED) is 0.817. The van der Waals surface area contributed by atoms with Crippen LogP contribution >= 0.6 is 11.8 Å². The standard InChI is InChI=1S/C12H17N3O2S/c1-8-7-18-6-5-15(8)11-9(13)3-4-10(14-11)12(16)17-2/h3-4,8H,5-7,13H2,1-2H3. The minimum atomic E-state index is -0.435. The lowest BCUT2D eigenvalue weighted by atomic mass is 10.2. The van der Waals surface area contributed by atoms with Gasteiger partial charge in [-0.1, -0.05) is 0 Å². The number of carbonyl (C=O) groups is 1. The van der Waals surface area contributed by atoms with Gasteiger partial charge < -0.3 is 15.4 Å². The molecule has 0 saturated carbocycles. The fraction of sp³-hybridized carbons (Fsp3) is 0.500. The largest absolute Gasteiger partial charge is 0.464 e. The molecule has 1 atom stereocenters. The Morgan fingerprint density at radius 3 is 3.06 bits per heavy atom. The minimum absolute atomic E-state index is 0.298. The van der Waals surface area contributed by atoms with E-state index in [-0.39, 0.29) is 0 Å². The number of esters is 1. The predicted molar refractivity (Wildman–Crippen MR) is 74.1 cm³/mol. The average Bonchev–Trinajstić information content (AvgIpc) is 2.39. The van der Waals surface area contributed by atoms with Gasteiger partial charge in [0, 0.05) is 24.1 Å². The van der Waals surface area contributed by atoms with E-state index in [1.807, 2.05) is 11.8 Å². The van der Waals surface area contributed by atoms with Crippen LogP contribution in [0.15, 0.2) is 12.1 Å². The first-order valence-corrected chi connectivity index (χ1v) is 6.98. The van der Waals surface area contributed by atoms with Crippen LogP contribution in [0.25, 0.3) is 0 Å². The Hall–Kier alpha value is -1.43. The molecule has 0 spiro atoms. The van der Waals surface area contributed by atoms with Crippen LogP contribution in [0, 0.1) is 0 Å². The summed E-state index contributed by atoms with van der Waals surface area (Å²) in [6, 6.07) is 3.67. The summed E-state index contributed by atoms with van der Waals surface area (Å²) in [5.41, 5.74) is 6.86. The molecule has 18 heavy (non-hydrogen) atoms. The Bertz CT molecular complexity index is 453. The third kappa shape index (κ3) is 2.53. The van der Waals surface area contributed by atoms with E-state index in [4.69, 9.17) is 5.73 Å². The topological polar surface area (TPSA) is 68.5 Å². The predicted octanol–water partition coefficient (Wildman–Crippen LogP) is 1.39. The molecule has 5 nitrogen and oxygen atoms in total. The second-order valence-corrected chi connectivity index (χ2v) is 5.37. The average molecular weight is 267 g/mol. The molecule has 98 valence electrons. The van der Waals surface area contributed by atoms with E-state index < -0.39 is 5.97 Å². The molecule has 0 aliphatic carbocycles. The van der Waals surface area contributed by atoms with Gasteiger partial charge in [0.2, 0.25) is 0 Å². The number of methoxy groups -OCH3 is 1. The first kappa shape index (κ1) is 13.0. The zero-order valence-corrected chi connectivity index (χ0v) is 11.4. The molecule has 0 aromatic carbocycles. The number of pyridine rings is 1. The molecular weight excluding hydrogens is 250 g/mol. The van der Waals surface area contributed by atoms with Crippen molar-refractivity contribution in [3.05, 3.63) is 17.8 Å². The number of nitrogen functional groups attached to an aromatic ring is 1. The highest BCUT2D eigenvalue weighted by atomic mass is 32.2. The summed E-state index contributed by atoms with van der Waals surface area (Å²) in [4.78, 5) is 18.0. The lowest BCUT2D eigenvalue weighted by Gasteiger charge is -2.34. The van der Waals surface area contributed by atoms with Crippen LogP contribution in [0.2, 0.25) is 0 Å². The molecule has 2 rings (SSSR count). The smallest absolute Gasteiger partial charge is 0.356 e. The number of rotatable bonds is 2. The molecule has 0 radical (unpaired) electrons. The van der Waals surface area contributed by atoms with Gasteiger partial charge in [0.25, 0.3) is 0 Å². The first-order valence-electron chi connectivity index (χ1n) is 5.82. The van der Waals surface area contributed by atoms with Crippen molar-refractivity contribution in [2.24, 2.45) is 0 Å². The molecular formula is C12H17N3O2S. The Morgan fingerprint density at radius 2 is 2.39 bits per heavy atom. The van der Waals surface area contributed by atoms with Crippen molar-refractivity contribution in [2.75, 3.05) is 35.8 Å². The van der Waals surface area contributed by atoms with E-state index in [1.54, 1.807) is 12.1 Å². The molecule has 1 aliphatic rings. The van der Waals surface area contributed by atoms with Crippen molar-refractivity contribution in [3.63, 3.8) is 0 Å². The fourth-order valence-corrected chi connectivity index (χ4v) is 2.96. The third-order valence-corrected chi connectivity index (χ3v) is 4.13. The number of nitrogens with two attached hydrogens (primary N) is 1. The summed E-state index contributed by atoms with van der Waals surface area (Å²) < 4.78 is 4.68. The highest BCUT2D eigenvalue weighted by Crippen LogP contribution is 2.27. The highest BCUT2D eigenvalue weighted by molar-refractivity contribution is 7.99. The number of carbonyl (C=O) groups excluding carboxylic acids is 1. The van der Waals surface area contributed by atoms with Gasteiger partial charge in [0.05, 0.1) is 12.8 Å². The van der Waals surface area contributed by atoms with Crippen molar-refractivity contribution < 1.29 is 9.53 Å². The molecule has 6 heteroatoms. The maximum absolute atomic E-state index is 11.5. The molecule has 2 N–H and O–H groups in total. The molecule has 1 aromatic rings. The second-order valence-electron chi connectivity index (χ2n) is 4.22. The first-order chi connectivity index (χ1) is 8.63. The van der Waals surface area contributed by atoms with Gasteiger partial charge in [-0.25, -0.2) is 9.78 Å². The van der Waals surface area contributed by atoms with Crippen molar-refractivity contribution in [3.8, 4) is 0 Å². The summed E-state index contributed by atoms with van der Waals surface area (Å²) in [6.45, 7) is 3.03. The van der Waals surface area contributed by atoms with E-state index in [9.17, 15) is 4.79 Å². The summed E-state index contributed by atoms with van der Waals surface area (Å²) in [6.07, 6.45) is 0. The van der Waals surface area contributed by atoms with Crippen LogP contribution < -0.4 is 10.6 Å². The SMILES string of the molecule is COC(=O)c1ccc(N)c(N2CCSCC2C)n1. The Labute approximate surface area is 111 Å². The Kier molecular flexibility index (Phi) is 3.96. The Balaban J connectivity index is 2.33. The number of nitrogens with zero attached hydrogens (tertiary/aromatic N) is 2. The number of aromatic nitrogens is 1. The number of ether oxygens (including phenoxy) is 1. The van der Waals surface area contributed by atoms with Crippen molar-refractivity contribution in [1.29, 1.82) is 0 Å².